The summed E-state index contributed by atoms with van der Waals surface area (Å²) in [7, 11) is -3.89. The van der Waals surface area contributed by atoms with Crippen LogP contribution in [0.15, 0.2) is 89.8 Å². The second kappa shape index (κ2) is 9.30. The zero-order valence-corrected chi connectivity index (χ0v) is 16.1. The van der Waals surface area contributed by atoms with E-state index in [0.29, 0.717) is 12.1 Å². The van der Waals surface area contributed by atoms with Crippen LogP contribution in [0.3, 0.4) is 0 Å². The van der Waals surface area contributed by atoms with E-state index in [1.807, 2.05) is 30.3 Å². The molecule has 0 atom stereocenters. The van der Waals surface area contributed by atoms with Gasteiger partial charge in [0.2, 0.25) is 0 Å². The maximum Gasteiger partial charge on any atom is 0.339 e. The minimum atomic E-state index is -3.89. The van der Waals surface area contributed by atoms with Crippen LogP contribution in [0.1, 0.15) is 15.9 Å². The van der Waals surface area contributed by atoms with Crippen molar-refractivity contribution in [3.63, 3.8) is 0 Å². The topological polar surface area (TPSA) is 72.5 Å². The number of Topliss-reactive ketones (excluding diaryl/α,β-unsaturated/α-hetero) is 1. The Bertz CT molecular complexity index is 1000. The highest BCUT2D eigenvalue weighted by atomic mass is 32.2. The third-order valence-electron chi connectivity index (χ3n) is 4.13. The number of hydrogen-bond acceptors (Lipinski definition) is 5. The molecule has 0 fully saturated rings. The number of nitrogens with one attached hydrogen (secondary N) is 1. The Balaban J connectivity index is 1.51. The lowest BCUT2D eigenvalue weighted by molar-refractivity contribution is 0.0991. The molecule has 0 aliphatic heterocycles. The third kappa shape index (κ3) is 5.52. The van der Waals surface area contributed by atoms with Gasteiger partial charge in [-0.1, -0.05) is 48.5 Å². The predicted molar refractivity (Wildman–Crippen MR) is 108 cm³/mol. The van der Waals surface area contributed by atoms with Crippen molar-refractivity contribution >= 4 is 15.9 Å². The molecular formula is C22H21NO4S. The second-order valence-electron chi connectivity index (χ2n) is 6.21. The van der Waals surface area contributed by atoms with Crippen LogP contribution >= 0.6 is 0 Å². The van der Waals surface area contributed by atoms with Crippen LogP contribution in [-0.2, 0) is 16.5 Å². The summed E-state index contributed by atoms with van der Waals surface area (Å²) in [5, 5.41) is 3.13. The Morgan fingerprint density at radius 1 is 0.821 bits per heavy atom. The van der Waals surface area contributed by atoms with Gasteiger partial charge in [-0.05, 0) is 54.9 Å². The van der Waals surface area contributed by atoms with Crippen molar-refractivity contribution in [2.45, 2.75) is 11.3 Å². The fraction of sp³-hybridized carbons (Fsp3) is 0.136. The molecule has 0 aliphatic rings. The maximum absolute atomic E-state index is 12.3. The summed E-state index contributed by atoms with van der Waals surface area (Å²) < 4.78 is 29.5. The summed E-state index contributed by atoms with van der Waals surface area (Å²) in [6, 6.07) is 24.1. The van der Waals surface area contributed by atoms with Gasteiger partial charge in [0.25, 0.3) is 0 Å². The molecule has 0 aromatic heterocycles. The van der Waals surface area contributed by atoms with Gasteiger partial charge in [0.15, 0.2) is 5.78 Å². The van der Waals surface area contributed by atoms with Crippen molar-refractivity contribution in [3.05, 3.63) is 96.1 Å². The van der Waals surface area contributed by atoms with E-state index in [9.17, 15) is 13.2 Å². The molecule has 28 heavy (non-hydrogen) atoms. The molecule has 144 valence electrons. The molecule has 5 nitrogen and oxygen atoms in total. The van der Waals surface area contributed by atoms with Gasteiger partial charge >= 0.3 is 10.1 Å². The average Bonchev–Trinajstić information content (AvgIpc) is 2.73. The molecule has 1 N–H and O–H groups in total. The molecule has 0 aliphatic carbocycles. The van der Waals surface area contributed by atoms with Crippen LogP contribution in [0.4, 0.5) is 0 Å². The largest absolute Gasteiger partial charge is 0.379 e. The monoisotopic (exact) mass is 395 g/mol. The normalized spacial score (nSPS) is 11.1. The highest BCUT2D eigenvalue weighted by Gasteiger charge is 2.16. The number of rotatable bonds is 9. The van der Waals surface area contributed by atoms with Gasteiger partial charge in [0.1, 0.15) is 10.6 Å². The van der Waals surface area contributed by atoms with Crippen LogP contribution in [0.25, 0.3) is 0 Å². The molecule has 3 aromatic rings. The third-order valence-corrected chi connectivity index (χ3v) is 5.39. The first-order valence-electron chi connectivity index (χ1n) is 8.92. The van der Waals surface area contributed by atoms with Gasteiger partial charge in [0, 0.05) is 5.56 Å². The van der Waals surface area contributed by atoms with E-state index in [1.54, 1.807) is 30.3 Å². The van der Waals surface area contributed by atoms with Gasteiger partial charge in [-0.25, -0.2) is 0 Å². The first-order chi connectivity index (χ1) is 13.5. The van der Waals surface area contributed by atoms with Gasteiger partial charge in [-0.15, -0.1) is 0 Å². The summed E-state index contributed by atoms with van der Waals surface area (Å²) >= 11 is 0. The Morgan fingerprint density at radius 2 is 1.43 bits per heavy atom. The van der Waals surface area contributed by atoms with E-state index in [1.165, 1.54) is 29.8 Å². The van der Waals surface area contributed by atoms with Crippen LogP contribution in [0.5, 0.6) is 5.75 Å². The Morgan fingerprint density at radius 3 is 2.07 bits per heavy atom. The Hall–Kier alpha value is -2.96. The van der Waals surface area contributed by atoms with Gasteiger partial charge in [-0.2, -0.15) is 8.42 Å². The van der Waals surface area contributed by atoms with E-state index in [4.69, 9.17) is 4.18 Å². The highest BCUT2D eigenvalue weighted by Crippen LogP contribution is 2.19. The molecule has 0 heterocycles. The van der Waals surface area contributed by atoms with Gasteiger partial charge in [-0.3, -0.25) is 4.79 Å². The van der Waals surface area contributed by atoms with Crippen molar-refractivity contribution in [2.24, 2.45) is 0 Å². The number of carbonyl (C=O) groups is 1. The first kappa shape index (κ1) is 19.8. The molecule has 3 aromatic carbocycles. The fourth-order valence-corrected chi connectivity index (χ4v) is 3.59. The van der Waals surface area contributed by atoms with Crippen LogP contribution in [0, 0.1) is 0 Å². The first-order valence-corrected chi connectivity index (χ1v) is 10.3. The summed E-state index contributed by atoms with van der Waals surface area (Å²) in [4.78, 5) is 12.3. The van der Waals surface area contributed by atoms with E-state index in [-0.39, 0.29) is 23.0 Å². The van der Waals surface area contributed by atoms with Gasteiger partial charge in [0.05, 0.1) is 6.54 Å². The van der Waals surface area contributed by atoms with Crippen LogP contribution < -0.4 is 9.50 Å². The fourth-order valence-electron chi connectivity index (χ4n) is 2.64. The predicted octanol–water partition coefficient (Wildman–Crippen LogP) is 3.47. The van der Waals surface area contributed by atoms with Crippen molar-refractivity contribution in [1.82, 2.24) is 5.32 Å². The van der Waals surface area contributed by atoms with Crippen LogP contribution in [0.2, 0.25) is 0 Å². The number of hydrogen-bond donors (Lipinski definition) is 1. The molecule has 0 spiro atoms. The van der Waals surface area contributed by atoms with Crippen LogP contribution in [-0.4, -0.2) is 27.3 Å². The van der Waals surface area contributed by atoms with E-state index < -0.39 is 10.1 Å². The lowest BCUT2D eigenvalue weighted by atomic mass is 10.1. The van der Waals surface area contributed by atoms with Gasteiger partial charge < -0.3 is 9.50 Å². The SMILES string of the molecule is O=C(CNCCc1ccccc1)c1ccc(OS(=O)(=O)c2ccccc2)cc1. The lowest BCUT2D eigenvalue weighted by Crippen LogP contribution is -2.25. The summed E-state index contributed by atoms with van der Waals surface area (Å²) in [6.07, 6.45) is 0.845. The maximum atomic E-state index is 12.3. The molecule has 0 bridgehead atoms. The van der Waals surface area contributed by atoms with E-state index in [2.05, 4.69) is 5.32 Å². The molecule has 6 heteroatoms. The zero-order chi connectivity index (χ0) is 19.8. The molecule has 0 unspecified atom stereocenters. The minimum Gasteiger partial charge on any atom is -0.379 e. The summed E-state index contributed by atoms with van der Waals surface area (Å²) in [5.74, 6) is 0.1000. The Kier molecular flexibility index (Phi) is 6.57. The van der Waals surface area contributed by atoms with E-state index >= 15 is 0 Å². The Labute approximate surface area is 165 Å². The number of ketones is 1. The van der Waals surface area contributed by atoms with Crippen molar-refractivity contribution < 1.29 is 17.4 Å². The minimum absolute atomic E-state index is 0.0643. The second-order valence-corrected chi connectivity index (χ2v) is 7.76. The smallest absolute Gasteiger partial charge is 0.339 e. The molecular weight excluding hydrogens is 374 g/mol. The molecule has 3 rings (SSSR count). The standard InChI is InChI=1S/C22H21NO4S/c24-22(17-23-16-15-18-7-3-1-4-8-18)19-11-13-20(14-12-19)27-28(25,26)21-9-5-2-6-10-21/h1-14,23H,15-17H2. The molecule has 0 radical (unpaired) electrons. The number of benzene rings is 3. The molecule has 0 saturated heterocycles. The van der Waals surface area contributed by atoms with Crippen molar-refractivity contribution in [1.29, 1.82) is 0 Å². The molecule has 0 amide bonds. The van der Waals surface area contributed by atoms with E-state index in [0.717, 1.165) is 6.42 Å². The number of carbonyl (C=O) groups excluding carboxylic acids is 1. The average molecular weight is 395 g/mol. The highest BCUT2D eigenvalue weighted by molar-refractivity contribution is 7.87. The summed E-state index contributed by atoms with van der Waals surface area (Å²) in [6.45, 7) is 0.918. The van der Waals surface area contributed by atoms with Crippen molar-refractivity contribution in [3.8, 4) is 5.75 Å². The quantitative estimate of drug-likeness (QED) is 0.341. The zero-order valence-electron chi connectivity index (χ0n) is 15.2. The lowest BCUT2D eigenvalue weighted by Gasteiger charge is -2.08. The summed E-state index contributed by atoms with van der Waals surface area (Å²) in [5.41, 5.74) is 1.71. The molecule has 0 saturated carbocycles. The van der Waals surface area contributed by atoms with Crippen molar-refractivity contribution in [2.75, 3.05) is 13.1 Å².